The van der Waals surface area contributed by atoms with Crippen molar-refractivity contribution in [1.29, 1.82) is 0 Å². The van der Waals surface area contributed by atoms with Crippen LogP contribution in [-0.4, -0.2) is 23.0 Å². The molecule has 0 aromatic carbocycles. The highest BCUT2D eigenvalue weighted by molar-refractivity contribution is 7.09. The number of nitrogens with zero attached hydrogens (tertiary/aromatic N) is 2. The first kappa shape index (κ1) is 8.42. The summed E-state index contributed by atoms with van der Waals surface area (Å²) in [6.07, 6.45) is 0. The molecule has 0 aliphatic rings. The van der Waals surface area contributed by atoms with E-state index >= 15 is 0 Å². The molecule has 0 aliphatic carbocycles. The lowest BCUT2D eigenvalue weighted by atomic mass is 10.7. The molecular weight excluding hydrogens is 162 g/mol. The van der Waals surface area contributed by atoms with Gasteiger partial charge in [-0.3, -0.25) is 0 Å². The van der Waals surface area contributed by atoms with Crippen LogP contribution < -0.4 is 5.32 Å². The molecule has 5 heteroatoms. The largest absolute Gasteiger partial charge is 0.377 e. The molecule has 0 bridgehead atoms. The molecule has 0 radical (unpaired) electrons. The van der Waals surface area contributed by atoms with Gasteiger partial charge >= 0.3 is 0 Å². The van der Waals surface area contributed by atoms with Crippen LogP contribution >= 0.6 is 11.5 Å². The van der Waals surface area contributed by atoms with E-state index in [9.17, 15) is 0 Å². The van der Waals surface area contributed by atoms with Gasteiger partial charge in [-0.15, -0.1) is 0 Å². The fraction of sp³-hybridized carbons (Fsp3) is 0.667. The van der Waals surface area contributed by atoms with Gasteiger partial charge in [-0.05, 0) is 6.92 Å². The quantitative estimate of drug-likeness (QED) is 0.741. The van der Waals surface area contributed by atoms with Crippen LogP contribution in [0.5, 0.6) is 0 Å². The number of hydrogen-bond donors (Lipinski definition) is 1. The molecule has 0 spiro atoms. The van der Waals surface area contributed by atoms with E-state index in [-0.39, 0.29) is 0 Å². The molecule has 11 heavy (non-hydrogen) atoms. The average Bonchev–Trinajstić information content (AvgIpc) is 2.38. The first-order valence-corrected chi connectivity index (χ1v) is 4.19. The fourth-order valence-corrected chi connectivity index (χ4v) is 1.31. The van der Waals surface area contributed by atoms with E-state index in [0.29, 0.717) is 6.61 Å². The van der Waals surface area contributed by atoms with E-state index in [0.717, 1.165) is 17.5 Å². The Labute approximate surface area is 69.8 Å². The maximum Gasteiger partial charge on any atom is 0.202 e. The molecular formula is C6H11N3OS. The SMILES string of the molecule is CCNc1nc(COC)ns1. The summed E-state index contributed by atoms with van der Waals surface area (Å²) in [5, 5.41) is 3.94. The molecule has 62 valence electrons. The number of aromatic nitrogens is 2. The minimum Gasteiger partial charge on any atom is -0.377 e. The molecule has 0 saturated heterocycles. The normalized spacial score (nSPS) is 10.0. The number of hydrogen-bond acceptors (Lipinski definition) is 5. The van der Waals surface area contributed by atoms with Crippen molar-refractivity contribution < 1.29 is 4.74 Å². The average molecular weight is 173 g/mol. The highest BCUT2D eigenvalue weighted by Crippen LogP contribution is 2.10. The van der Waals surface area contributed by atoms with Gasteiger partial charge in [-0.25, -0.2) is 4.98 Å². The predicted octanol–water partition coefficient (Wildman–Crippen LogP) is 1.12. The lowest BCUT2D eigenvalue weighted by Crippen LogP contribution is -1.96. The number of methoxy groups -OCH3 is 1. The standard InChI is InChI=1S/C6H11N3OS/c1-3-7-6-8-5(4-10-2)9-11-6/h3-4H2,1-2H3,(H,7,8,9). The molecule has 1 rings (SSSR count). The summed E-state index contributed by atoms with van der Waals surface area (Å²) >= 11 is 1.36. The van der Waals surface area contributed by atoms with Crippen LogP contribution in [0.2, 0.25) is 0 Å². The second-order valence-corrected chi connectivity index (χ2v) is 2.73. The van der Waals surface area contributed by atoms with Gasteiger partial charge in [0.25, 0.3) is 0 Å². The number of anilines is 1. The van der Waals surface area contributed by atoms with Crippen molar-refractivity contribution >= 4 is 16.7 Å². The summed E-state index contributed by atoms with van der Waals surface area (Å²) in [5.74, 6) is 0.744. The van der Waals surface area contributed by atoms with Crippen LogP contribution in [0, 0.1) is 0 Å². The lowest BCUT2D eigenvalue weighted by molar-refractivity contribution is 0.179. The third kappa shape index (κ3) is 2.44. The van der Waals surface area contributed by atoms with Gasteiger partial charge in [-0.2, -0.15) is 4.37 Å². The van der Waals surface area contributed by atoms with Crippen LogP contribution in [0.1, 0.15) is 12.7 Å². The predicted molar refractivity (Wildman–Crippen MR) is 44.8 cm³/mol. The second kappa shape index (κ2) is 4.25. The third-order valence-electron chi connectivity index (χ3n) is 1.07. The van der Waals surface area contributed by atoms with Gasteiger partial charge in [0.2, 0.25) is 5.13 Å². The number of ether oxygens (including phenoxy) is 1. The van der Waals surface area contributed by atoms with E-state index in [1.165, 1.54) is 11.5 Å². The lowest BCUT2D eigenvalue weighted by Gasteiger charge is -1.92. The zero-order valence-corrected chi connectivity index (χ0v) is 7.44. The van der Waals surface area contributed by atoms with E-state index in [1.54, 1.807) is 7.11 Å². The van der Waals surface area contributed by atoms with Crippen LogP contribution in [-0.2, 0) is 11.3 Å². The second-order valence-electron chi connectivity index (χ2n) is 1.98. The molecule has 0 aliphatic heterocycles. The van der Waals surface area contributed by atoms with Gasteiger partial charge in [0, 0.05) is 25.2 Å². The highest BCUT2D eigenvalue weighted by Gasteiger charge is 2.00. The summed E-state index contributed by atoms with van der Waals surface area (Å²) in [4.78, 5) is 4.16. The van der Waals surface area contributed by atoms with E-state index in [4.69, 9.17) is 4.74 Å². The maximum absolute atomic E-state index is 4.87. The molecule has 0 saturated carbocycles. The molecule has 0 amide bonds. The Morgan fingerprint density at radius 1 is 1.64 bits per heavy atom. The Kier molecular flexibility index (Phi) is 3.25. The van der Waals surface area contributed by atoms with Crippen molar-refractivity contribution in [1.82, 2.24) is 9.36 Å². The Balaban J connectivity index is 2.51. The zero-order valence-electron chi connectivity index (χ0n) is 6.63. The smallest absolute Gasteiger partial charge is 0.202 e. The van der Waals surface area contributed by atoms with Crippen LogP contribution in [0.25, 0.3) is 0 Å². The maximum atomic E-state index is 4.87. The van der Waals surface area contributed by atoms with E-state index < -0.39 is 0 Å². The van der Waals surface area contributed by atoms with E-state index in [2.05, 4.69) is 14.7 Å². The van der Waals surface area contributed by atoms with Crippen molar-refractivity contribution in [3.8, 4) is 0 Å². The molecule has 1 aromatic rings. The fourth-order valence-electron chi connectivity index (χ4n) is 0.665. The van der Waals surface area contributed by atoms with Crippen LogP contribution in [0.4, 0.5) is 5.13 Å². The van der Waals surface area contributed by atoms with Gasteiger partial charge in [-0.1, -0.05) is 0 Å². The Hall–Kier alpha value is -0.680. The molecule has 0 atom stereocenters. The third-order valence-corrected chi connectivity index (χ3v) is 1.78. The first-order valence-electron chi connectivity index (χ1n) is 3.42. The molecule has 1 N–H and O–H groups in total. The monoisotopic (exact) mass is 173 g/mol. The summed E-state index contributed by atoms with van der Waals surface area (Å²) in [6, 6.07) is 0. The van der Waals surface area contributed by atoms with Gasteiger partial charge in [0.1, 0.15) is 6.61 Å². The molecule has 0 fully saturated rings. The topological polar surface area (TPSA) is 47.0 Å². The Morgan fingerprint density at radius 2 is 2.45 bits per heavy atom. The van der Waals surface area contributed by atoms with Gasteiger partial charge < -0.3 is 10.1 Å². The van der Waals surface area contributed by atoms with Crippen molar-refractivity contribution in [3.05, 3.63) is 5.82 Å². The first-order chi connectivity index (χ1) is 5.36. The summed E-state index contributed by atoms with van der Waals surface area (Å²) in [7, 11) is 1.63. The summed E-state index contributed by atoms with van der Waals surface area (Å²) in [6.45, 7) is 3.39. The molecule has 4 nitrogen and oxygen atoms in total. The minimum absolute atomic E-state index is 0.488. The Bertz CT molecular complexity index is 193. The van der Waals surface area contributed by atoms with Crippen LogP contribution in [0.15, 0.2) is 0 Å². The minimum atomic E-state index is 0.488. The van der Waals surface area contributed by atoms with Gasteiger partial charge in [0.15, 0.2) is 5.82 Å². The van der Waals surface area contributed by atoms with E-state index in [1.807, 2.05) is 6.92 Å². The number of nitrogens with one attached hydrogen (secondary N) is 1. The summed E-state index contributed by atoms with van der Waals surface area (Å²) in [5.41, 5.74) is 0. The van der Waals surface area contributed by atoms with Crippen molar-refractivity contribution in [2.45, 2.75) is 13.5 Å². The van der Waals surface area contributed by atoms with Crippen molar-refractivity contribution in [2.24, 2.45) is 0 Å². The number of rotatable bonds is 4. The zero-order chi connectivity index (χ0) is 8.10. The van der Waals surface area contributed by atoms with Crippen molar-refractivity contribution in [2.75, 3.05) is 19.0 Å². The van der Waals surface area contributed by atoms with Crippen LogP contribution in [0.3, 0.4) is 0 Å². The molecule has 0 unspecified atom stereocenters. The van der Waals surface area contributed by atoms with Gasteiger partial charge in [0.05, 0.1) is 0 Å². The summed E-state index contributed by atoms with van der Waals surface area (Å²) < 4.78 is 8.94. The molecule has 1 heterocycles. The van der Waals surface area contributed by atoms with Crippen molar-refractivity contribution in [3.63, 3.8) is 0 Å². The Morgan fingerprint density at radius 3 is 3.09 bits per heavy atom. The molecule has 1 aromatic heterocycles. The highest BCUT2D eigenvalue weighted by atomic mass is 32.1.